The van der Waals surface area contributed by atoms with Crippen LogP contribution >= 0.6 is 15.9 Å². The summed E-state index contributed by atoms with van der Waals surface area (Å²) in [6, 6.07) is 5.59. The van der Waals surface area contributed by atoms with Gasteiger partial charge in [0.25, 0.3) is 0 Å². The standard InChI is InChI=1S/C10H9BrN2O4S/c1-6(5-12)18(16,17)13-7-2-3-9(11)8(4-7)10(14)15/h2-4,6,13H,1H3,(H,14,15). The van der Waals surface area contributed by atoms with Gasteiger partial charge < -0.3 is 5.11 Å². The van der Waals surface area contributed by atoms with Crippen LogP contribution in [-0.2, 0) is 10.0 Å². The van der Waals surface area contributed by atoms with Gasteiger partial charge in [-0.3, -0.25) is 4.72 Å². The van der Waals surface area contributed by atoms with Crippen LogP contribution in [0.25, 0.3) is 0 Å². The predicted molar refractivity (Wildman–Crippen MR) is 68.7 cm³/mol. The number of carbonyl (C=O) groups is 1. The normalized spacial score (nSPS) is 12.5. The molecule has 0 aliphatic heterocycles. The average molecular weight is 333 g/mol. The number of sulfonamides is 1. The van der Waals surface area contributed by atoms with E-state index in [2.05, 4.69) is 20.7 Å². The number of rotatable bonds is 4. The zero-order valence-electron chi connectivity index (χ0n) is 9.21. The number of carboxylic acids is 1. The third-order valence-corrected chi connectivity index (χ3v) is 4.35. The molecule has 1 aromatic carbocycles. The maximum atomic E-state index is 11.6. The Kier molecular flexibility index (Phi) is 4.32. The highest BCUT2D eigenvalue weighted by atomic mass is 79.9. The SMILES string of the molecule is CC(C#N)S(=O)(=O)Nc1ccc(Br)c(C(=O)O)c1. The van der Waals surface area contributed by atoms with Crippen LogP contribution in [0.2, 0.25) is 0 Å². The van der Waals surface area contributed by atoms with Gasteiger partial charge in [-0.1, -0.05) is 0 Å². The summed E-state index contributed by atoms with van der Waals surface area (Å²) in [5.41, 5.74) is 0.0255. The molecule has 0 radical (unpaired) electrons. The molecule has 1 unspecified atom stereocenters. The van der Waals surface area contributed by atoms with Gasteiger partial charge in [-0.15, -0.1) is 0 Å². The number of benzene rings is 1. The Hall–Kier alpha value is -1.59. The Bertz CT molecular complexity index is 621. The summed E-state index contributed by atoms with van der Waals surface area (Å²) in [5.74, 6) is -1.18. The monoisotopic (exact) mass is 332 g/mol. The lowest BCUT2D eigenvalue weighted by Crippen LogP contribution is -2.23. The minimum Gasteiger partial charge on any atom is -0.478 e. The van der Waals surface area contributed by atoms with Crippen LogP contribution < -0.4 is 4.72 Å². The highest BCUT2D eigenvalue weighted by Crippen LogP contribution is 2.22. The molecular formula is C10H9BrN2O4S. The zero-order valence-corrected chi connectivity index (χ0v) is 11.6. The van der Waals surface area contributed by atoms with Crippen molar-refractivity contribution in [3.05, 3.63) is 28.2 Å². The fourth-order valence-electron chi connectivity index (χ4n) is 1.07. The molecular weight excluding hydrogens is 324 g/mol. The van der Waals surface area contributed by atoms with Crippen LogP contribution in [0.4, 0.5) is 5.69 Å². The first kappa shape index (κ1) is 14.5. The van der Waals surface area contributed by atoms with Crippen molar-refractivity contribution in [1.82, 2.24) is 0 Å². The van der Waals surface area contributed by atoms with Gasteiger partial charge in [0, 0.05) is 10.2 Å². The second-order valence-electron chi connectivity index (χ2n) is 3.42. The molecule has 0 saturated heterocycles. The summed E-state index contributed by atoms with van der Waals surface area (Å²) in [5, 5.41) is 16.2. The van der Waals surface area contributed by atoms with E-state index >= 15 is 0 Å². The molecule has 1 aromatic rings. The Balaban J connectivity index is 3.12. The molecule has 0 aromatic heterocycles. The summed E-state index contributed by atoms with van der Waals surface area (Å²) in [4.78, 5) is 10.9. The number of aromatic carboxylic acids is 1. The van der Waals surface area contributed by atoms with Crippen LogP contribution in [0.15, 0.2) is 22.7 Å². The molecule has 0 amide bonds. The third kappa shape index (κ3) is 3.21. The van der Waals surface area contributed by atoms with Crippen LogP contribution in [-0.4, -0.2) is 24.7 Å². The van der Waals surface area contributed by atoms with Crippen LogP contribution in [0.1, 0.15) is 17.3 Å². The predicted octanol–water partition coefficient (Wildman–Crippen LogP) is 1.80. The first-order valence-electron chi connectivity index (χ1n) is 4.72. The number of carboxylic acid groups (broad SMARTS) is 1. The van der Waals surface area contributed by atoms with Gasteiger partial charge in [-0.05, 0) is 41.1 Å². The van der Waals surface area contributed by atoms with E-state index < -0.39 is 21.2 Å². The Morgan fingerprint density at radius 1 is 1.56 bits per heavy atom. The summed E-state index contributed by atoms with van der Waals surface area (Å²) >= 11 is 3.04. The average Bonchev–Trinajstić information content (AvgIpc) is 2.29. The van der Waals surface area contributed by atoms with Crippen molar-refractivity contribution in [3.63, 3.8) is 0 Å². The highest BCUT2D eigenvalue weighted by molar-refractivity contribution is 9.10. The molecule has 8 heteroatoms. The highest BCUT2D eigenvalue weighted by Gasteiger charge is 2.20. The van der Waals surface area contributed by atoms with Gasteiger partial charge in [-0.2, -0.15) is 5.26 Å². The summed E-state index contributed by atoms with van der Waals surface area (Å²) in [7, 11) is -3.84. The second-order valence-corrected chi connectivity index (χ2v) is 6.27. The van der Waals surface area contributed by atoms with Crippen molar-refractivity contribution in [2.24, 2.45) is 0 Å². The quantitative estimate of drug-likeness (QED) is 0.874. The fourth-order valence-corrected chi connectivity index (χ4v) is 2.26. The first-order chi connectivity index (χ1) is 8.27. The number of nitrogens with one attached hydrogen (secondary N) is 1. The molecule has 18 heavy (non-hydrogen) atoms. The first-order valence-corrected chi connectivity index (χ1v) is 7.06. The molecule has 6 nitrogen and oxygen atoms in total. The topological polar surface area (TPSA) is 107 Å². The van der Waals surface area contributed by atoms with E-state index in [4.69, 9.17) is 10.4 Å². The summed E-state index contributed by atoms with van der Waals surface area (Å²) in [6.45, 7) is 1.24. The van der Waals surface area contributed by atoms with Crippen LogP contribution in [0.5, 0.6) is 0 Å². The van der Waals surface area contributed by atoms with E-state index in [0.717, 1.165) is 0 Å². The number of hydrogen-bond donors (Lipinski definition) is 2. The molecule has 0 aliphatic rings. The van der Waals surface area contributed by atoms with Crippen molar-refractivity contribution in [1.29, 1.82) is 5.26 Å². The van der Waals surface area contributed by atoms with Crippen LogP contribution in [0.3, 0.4) is 0 Å². The van der Waals surface area contributed by atoms with E-state index in [1.165, 1.54) is 25.1 Å². The molecule has 96 valence electrons. The van der Waals surface area contributed by atoms with Gasteiger partial charge in [0.05, 0.1) is 11.6 Å². The molecule has 0 fully saturated rings. The van der Waals surface area contributed by atoms with E-state index in [0.29, 0.717) is 4.47 Å². The molecule has 0 heterocycles. The van der Waals surface area contributed by atoms with Crippen molar-refractivity contribution < 1.29 is 18.3 Å². The number of nitriles is 1. The van der Waals surface area contributed by atoms with E-state index in [1.807, 2.05) is 0 Å². The number of hydrogen-bond acceptors (Lipinski definition) is 4. The zero-order chi connectivity index (χ0) is 13.9. The van der Waals surface area contributed by atoms with Crippen molar-refractivity contribution in [2.75, 3.05) is 4.72 Å². The largest absolute Gasteiger partial charge is 0.478 e. The Morgan fingerprint density at radius 2 is 2.17 bits per heavy atom. The molecule has 0 spiro atoms. The van der Waals surface area contributed by atoms with Gasteiger partial charge in [0.15, 0.2) is 5.25 Å². The maximum Gasteiger partial charge on any atom is 0.336 e. The lowest BCUT2D eigenvalue weighted by Gasteiger charge is -2.10. The minimum atomic E-state index is -3.84. The van der Waals surface area contributed by atoms with Gasteiger partial charge in [0.2, 0.25) is 10.0 Å². The van der Waals surface area contributed by atoms with E-state index in [1.54, 1.807) is 6.07 Å². The van der Waals surface area contributed by atoms with Crippen molar-refractivity contribution in [3.8, 4) is 6.07 Å². The fraction of sp³-hybridized carbons (Fsp3) is 0.200. The van der Waals surface area contributed by atoms with Gasteiger partial charge in [-0.25, -0.2) is 13.2 Å². The maximum absolute atomic E-state index is 11.6. The third-order valence-electron chi connectivity index (χ3n) is 2.10. The smallest absolute Gasteiger partial charge is 0.336 e. The number of anilines is 1. The molecule has 2 N–H and O–H groups in total. The van der Waals surface area contributed by atoms with Crippen LogP contribution in [0, 0.1) is 11.3 Å². The second kappa shape index (κ2) is 5.37. The Labute approximate surface area is 112 Å². The number of halogens is 1. The number of nitrogens with zero attached hydrogens (tertiary/aromatic N) is 1. The van der Waals surface area contributed by atoms with Crippen molar-refractivity contribution in [2.45, 2.75) is 12.2 Å². The molecule has 0 saturated carbocycles. The summed E-state index contributed by atoms with van der Waals surface area (Å²) in [6.07, 6.45) is 0. The van der Waals surface area contributed by atoms with E-state index in [-0.39, 0.29) is 11.3 Å². The lowest BCUT2D eigenvalue weighted by atomic mass is 10.2. The molecule has 1 atom stereocenters. The van der Waals surface area contributed by atoms with E-state index in [9.17, 15) is 13.2 Å². The minimum absolute atomic E-state index is 0.0696. The lowest BCUT2D eigenvalue weighted by molar-refractivity contribution is 0.0696. The molecule has 0 aliphatic carbocycles. The van der Waals surface area contributed by atoms with Gasteiger partial charge in [0.1, 0.15) is 0 Å². The molecule has 0 bridgehead atoms. The van der Waals surface area contributed by atoms with Crippen molar-refractivity contribution >= 4 is 37.6 Å². The Morgan fingerprint density at radius 3 is 2.67 bits per heavy atom. The van der Waals surface area contributed by atoms with Gasteiger partial charge >= 0.3 is 5.97 Å². The summed E-state index contributed by atoms with van der Waals surface area (Å²) < 4.78 is 25.7. The molecule has 1 rings (SSSR count).